The van der Waals surface area contributed by atoms with Crippen molar-refractivity contribution in [3.63, 3.8) is 0 Å². The maximum Gasteiger partial charge on any atom is 0.320 e. The summed E-state index contributed by atoms with van der Waals surface area (Å²) in [5, 5.41) is 31.7. The van der Waals surface area contributed by atoms with E-state index in [1.165, 1.54) is 4.68 Å². The molecule has 0 aliphatic heterocycles. The molecule has 0 aliphatic rings. The first-order chi connectivity index (χ1) is 16.8. The molecular weight excluding hydrogens is 470 g/mol. The minimum absolute atomic E-state index is 0.0897. The van der Waals surface area contributed by atoms with Crippen LogP contribution in [0.2, 0.25) is 0 Å². The Morgan fingerprint density at radius 1 is 1.11 bits per heavy atom. The summed E-state index contributed by atoms with van der Waals surface area (Å²) in [7, 11) is 0. The second kappa shape index (κ2) is 12.8. The fourth-order valence-corrected chi connectivity index (χ4v) is 3.28. The van der Waals surface area contributed by atoms with Gasteiger partial charge in [-0.15, -0.1) is 5.10 Å². The van der Waals surface area contributed by atoms with Crippen LogP contribution in [0.1, 0.15) is 45.6 Å². The van der Waals surface area contributed by atoms with E-state index < -0.39 is 41.5 Å². The standard InChI is InChI=1S/C24H33N5O7/c1-15-5-7-16(8-6-15)19-13-29(28-27-19)14-20(30)26-17(11-22(33)36-24(2,3)4)12-25-18(23(34)35)9-10-21(31)32/h5-8,13,17-18,25H,9-12,14H2,1-4H3,(H,26,30)(H,31,32)(H,34,35)/t17-,18?/m0/s1. The van der Waals surface area contributed by atoms with Gasteiger partial charge in [-0.2, -0.15) is 0 Å². The highest BCUT2D eigenvalue weighted by atomic mass is 16.6. The van der Waals surface area contributed by atoms with Gasteiger partial charge in [0.25, 0.3) is 0 Å². The van der Waals surface area contributed by atoms with Crippen LogP contribution in [0, 0.1) is 6.92 Å². The first-order valence-electron chi connectivity index (χ1n) is 11.5. The Hall–Kier alpha value is -3.80. The van der Waals surface area contributed by atoms with Gasteiger partial charge < -0.3 is 25.6 Å². The van der Waals surface area contributed by atoms with Crippen LogP contribution in [0.4, 0.5) is 0 Å². The topological polar surface area (TPSA) is 173 Å². The van der Waals surface area contributed by atoms with Gasteiger partial charge in [-0.3, -0.25) is 19.2 Å². The summed E-state index contributed by atoms with van der Waals surface area (Å²) in [5.41, 5.74) is 1.80. The lowest BCUT2D eigenvalue weighted by molar-refractivity contribution is -0.155. The number of amides is 1. The number of aryl methyl sites for hydroxylation is 1. The molecule has 0 spiro atoms. The van der Waals surface area contributed by atoms with E-state index in [9.17, 15) is 24.3 Å². The predicted molar refractivity (Wildman–Crippen MR) is 129 cm³/mol. The lowest BCUT2D eigenvalue weighted by atomic mass is 10.1. The van der Waals surface area contributed by atoms with E-state index in [0.29, 0.717) is 5.69 Å². The number of esters is 1. The van der Waals surface area contributed by atoms with Crippen LogP contribution in [0.5, 0.6) is 0 Å². The number of nitrogens with zero attached hydrogens (tertiary/aromatic N) is 3. The summed E-state index contributed by atoms with van der Waals surface area (Å²) >= 11 is 0. The van der Waals surface area contributed by atoms with Gasteiger partial charge >= 0.3 is 17.9 Å². The Kier molecular flexibility index (Phi) is 10.1. The molecule has 0 radical (unpaired) electrons. The number of rotatable bonds is 13. The molecule has 0 bridgehead atoms. The molecule has 12 heteroatoms. The Labute approximate surface area is 209 Å². The molecule has 12 nitrogen and oxygen atoms in total. The molecule has 4 N–H and O–H groups in total. The van der Waals surface area contributed by atoms with E-state index in [-0.39, 0.29) is 32.4 Å². The van der Waals surface area contributed by atoms with Crippen LogP contribution in [0.25, 0.3) is 11.3 Å². The number of benzene rings is 1. The summed E-state index contributed by atoms with van der Waals surface area (Å²) in [6.07, 6.45) is 0.909. The van der Waals surface area contributed by atoms with Gasteiger partial charge in [0.1, 0.15) is 23.9 Å². The van der Waals surface area contributed by atoms with Gasteiger partial charge in [0.2, 0.25) is 5.91 Å². The van der Waals surface area contributed by atoms with E-state index in [4.69, 9.17) is 9.84 Å². The molecule has 1 unspecified atom stereocenters. The second-order valence-corrected chi connectivity index (χ2v) is 9.45. The minimum atomic E-state index is -1.23. The molecule has 2 aromatic rings. The Morgan fingerprint density at radius 3 is 2.36 bits per heavy atom. The maximum atomic E-state index is 12.7. The summed E-state index contributed by atoms with van der Waals surface area (Å²) in [6.45, 7) is 6.83. The van der Waals surface area contributed by atoms with Crippen molar-refractivity contribution in [2.75, 3.05) is 6.54 Å². The molecule has 0 aliphatic carbocycles. The van der Waals surface area contributed by atoms with Crippen LogP contribution in [-0.2, 0) is 30.5 Å². The summed E-state index contributed by atoms with van der Waals surface area (Å²) in [6, 6.07) is 5.71. The van der Waals surface area contributed by atoms with Crippen LogP contribution < -0.4 is 10.6 Å². The van der Waals surface area contributed by atoms with Crippen LogP contribution in [0.3, 0.4) is 0 Å². The van der Waals surface area contributed by atoms with Crippen molar-refractivity contribution in [1.29, 1.82) is 0 Å². The first kappa shape index (κ1) is 28.4. The van der Waals surface area contributed by atoms with Crippen LogP contribution >= 0.6 is 0 Å². The number of ether oxygens (including phenoxy) is 1. The van der Waals surface area contributed by atoms with Gasteiger partial charge in [-0.1, -0.05) is 35.0 Å². The third-order valence-corrected chi connectivity index (χ3v) is 4.95. The van der Waals surface area contributed by atoms with Gasteiger partial charge in [-0.05, 0) is 34.1 Å². The van der Waals surface area contributed by atoms with Crippen molar-refractivity contribution in [2.45, 2.75) is 71.2 Å². The average Bonchev–Trinajstić information content (AvgIpc) is 3.20. The first-order valence-corrected chi connectivity index (χ1v) is 11.5. The maximum absolute atomic E-state index is 12.7. The van der Waals surface area contributed by atoms with E-state index >= 15 is 0 Å². The van der Waals surface area contributed by atoms with E-state index in [0.717, 1.165) is 11.1 Å². The number of aliphatic carboxylic acids is 2. The minimum Gasteiger partial charge on any atom is -0.481 e. The van der Waals surface area contributed by atoms with Crippen molar-refractivity contribution >= 4 is 23.8 Å². The summed E-state index contributed by atoms with van der Waals surface area (Å²) in [5.74, 6) is -3.40. The number of hydrogen-bond donors (Lipinski definition) is 4. The number of carboxylic acids is 2. The normalized spacial score (nSPS) is 13.0. The quantitative estimate of drug-likeness (QED) is 0.292. The number of carbonyl (C=O) groups excluding carboxylic acids is 2. The average molecular weight is 504 g/mol. The zero-order valence-electron chi connectivity index (χ0n) is 20.9. The zero-order valence-corrected chi connectivity index (χ0v) is 20.9. The molecular formula is C24H33N5O7. The molecule has 1 heterocycles. The number of carbonyl (C=O) groups is 4. The number of aromatic nitrogens is 3. The summed E-state index contributed by atoms with van der Waals surface area (Å²) in [4.78, 5) is 47.4. The fourth-order valence-electron chi connectivity index (χ4n) is 3.28. The Balaban J connectivity index is 2.05. The van der Waals surface area contributed by atoms with Crippen LogP contribution in [-0.4, -0.2) is 73.3 Å². The largest absolute Gasteiger partial charge is 0.481 e. The van der Waals surface area contributed by atoms with Crippen molar-refractivity contribution in [3.8, 4) is 11.3 Å². The van der Waals surface area contributed by atoms with Crippen molar-refractivity contribution in [1.82, 2.24) is 25.6 Å². The molecule has 1 aromatic carbocycles. The summed E-state index contributed by atoms with van der Waals surface area (Å²) < 4.78 is 6.68. The lowest BCUT2D eigenvalue weighted by Gasteiger charge is -2.24. The van der Waals surface area contributed by atoms with E-state index in [2.05, 4.69) is 20.9 Å². The lowest BCUT2D eigenvalue weighted by Crippen LogP contribution is -2.49. The van der Waals surface area contributed by atoms with Gasteiger partial charge in [0, 0.05) is 18.5 Å². The highest BCUT2D eigenvalue weighted by molar-refractivity contribution is 5.78. The molecule has 0 saturated heterocycles. The predicted octanol–water partition coefficient (Wildman–Crippen LogP) is 1.38. The number of hydrogen-bond acceptors (Lipinski definition) is 8. The smallest absolute Gasteiger partial charge is 0.320 e. The zero-order chi connectivity index (χ0) is 26.9. The van der Waals surface area contributed by atoms with E-state index in [1.807, 2.05) is 31.2 Å². The third kappa shape index (κ3) is 10.2. The third-order valence-electron chi connectivity index (χ3n) is 4.95. The molecule has 36 heavy (non-hydrogen) atoms. The molecule has 0 fully saturated rings. The SMILES string of the molecule is Cc1ccc(-c2cn(CC(=O)N[C@H](CNC(CCC(=O)O)C(=O)O)CC(=O)OC(C)(C)C)nn2)cc1. The van der Waals surface area contributed by atoms with Gasteiger partial charge in [0.15, 0.2) is 0 Å². The van der Waals surface area contributed by atoms with Crippen molar-refractivity contribution in [2.24, 2.45) is 0 Å². The molecule has 1 amide bonds. The molecule has 2 atom stereocenters. The van der Waals surface area contributed by atoms with Crippen molar-refractivity contribution in [3.05, 3.63) is 36.0 Å². The van der Waals surface area contributed by atoms with Crippen LogP contribution in [0.15, 0.2) is 30.5 Å². The fraction of sp³-hybridized carbons (Fsp3) is 0.500. The second-order valence-electron chi connectivity index (χ2n) is 9.45. The monoisotopic (exact) mass is 503 g/mol. The Morgan fingerprint density at radius 2 is 1.78 bits per heavy atom. The van der Waals surface area contributed by atoms with Gasteiger partial charge in [-0.25, -0.2) is 4.68 Å². The number of carboxylic acid groups (broad SMARTS) is 2. The Bertz CT molecular complexity index is 1060. The number of nitrogens with one attached hydrogen (secondary N) is 2. The molecule has 2 rings (SSSR count). The highest BCUT2D eigenvalue weighted by Gasteiger charge is 2.25. The molecule has 0 saturated carbocycles. The van der Waals surface area contributed by atoms with E-state index in [1.54, 1.807) is 27.0 Å². The molecule has 1 aromatic heterocycles. The van der Waals surface area contributed by atoms with Crippen molar-refractivity contribution < 1.29 is 34.1 Å². The molecule has 196 valence electrons. The van der Waals surface area contributed by atoms with Gasteiger partial charge in [0.05, 0.1) is 18.7 Å². The highest BCUT2D eigenvalue weighted by Crippen LogP contribution is 2.16.